The lowest BCUT2D eigenvalue weighted by Gasteiger charge is -2.35. The average molecular weight is 689 g/mol. The van der Waals surface area contributed by atoms with Crippen LogP contribution in [0, 0.1) is 12.7 Å². The number of methoxy groups -OCH3 is 1. The van der Waals surface area contributed by atoms with Crippen LogP contribution in [0.25, 0.3) is 10.9 Å². The molecule has 1 aliphatic rings. The minimum absolute atomic E-state index is 0.0359. The molecule has 50 heavy (non-hydrogen) atoms. The molecule has 1 fully saturated rings. The summed E-state index contributed by atoms with van der Waals surface area (Å²) in [6.07, 6.45) is 5.45. The smallest absolute Gasteiger partial charge is 0.407 e. The van der Waals surface area contributed by atoms with E-state index in [-0.39, 0.29) is 30.0 Å². The number of benzene rings is 2. The van der Waals surface area contributed by atoms with Crippen molar-refractivity contribution in [3.8, 4) is 0 Å². The van der Waals surface area contributed by atoms with Crippen molar-refractivity contribution in [2.24, 2.45) is 7.05 Å². The van der Waals surface area contributed by atoms with Crippen molar-refractivity contribution in [1.29, 1.82) is 0 Å². The third-order valence-corrected chi connectivity index (χ3v) is 9.03. The van der Waals surface area contributed by atoms with Crippen LogP contribution in [0.3, 0.4) is 0 Å². The molecule has 2 atom stereocenters. The van der Waals surface area contributed by atoms with Crippen molar-refractivity contribution in [1.82, 2.24) is 24.6 Å². The van der Waals surface area contributed by atoms with Gasteiger partial charge in [0.15, 0.2) is 0 Å². The lowest BCUT2D eigenvalue weighted by atomic mass is 9.91. The standard InChI is InChI=1S/C38H49FN6O5/c1-25-31-11-7-12-32(39)35(31)45(18-9-19-49-6)34(25)27-10-8-17-44(24-27)33(46)21-30(42-37(48)50-38(2,3)4)20-26-13-15-29(16-14-26)41-36(47)28-22-40-43(5)23-28/h7,11-16,22-23,27,30H,8-10,17-21,24H2,1-6H3,(H,41,47)(H,42,48)/t27?,30-/m1/s1. The van der Waals surface area contributed by atoms with Crippen molar-refractivity contribution in [3.05, 3.63) is 83.1 Å². The van der Waals surface area contributed by atoms with E-state index in [2.05, 4.69) is 20.3 Å². The molecule has 3 amide bonds. The van der Waals surface area contributed by atoms with Gasteiger partial charge >= 0.3 is 6.09 Å². The van der Waals surface area contributed by atoms with Crippen molar-refractivity contribution in [3.63, 3.8) is 0 Å². The number of piperidine rings is 1. The normalized spacial score (nSPS) is 15.6. The fraction of sp³-hybridized carbons (Fsp3) is 0.474. The SMILES string of the molecule is COCCCn1c(C2CCCN(C(=O)C[C@@H](Cc3ccc(NC(=O)c4cnn(C)c4)cc3)NC(=O)OC(C)(C)C)C2)c(C)c2cccc(F)c21. The maximum absolute atomic E-state index is 15.2. The summed E-state index contributed by atoms with van der Waals surface area (Å²) in [5, 5.41) is 10.7. The van der Waals surface area contributed by atoms with Gasteiger partial charge in [-0.25, -0.2) is 9.18 Å². The topological polar surface area (TPSA) is 120 Å². The molecule has 3 heterocycles. The van der Waals surface area contributed by atoms with Crippen molar-refractivity contribution < 1.29 is 28.2 Å². The van der Waals surface area contributed by atoms with Gasteiger partial charge in [-0.2, -0.15) is 5.10 Å². The number of nitrogens with zero attached hydrogens (tertiary/aromatic N) is 4. The molecular formula is C38H49FN6O5. The molecule has 1 unspecified atom stereocenters. The molecule has 2 aromatic carbocycles. The Hall–Kier alpha value is -4.71. The first-order valence-corrected chi connectivity index (χ1v) is 17.2. The summed E-state index contributed by atoms with van der Waals surface area (Å²) in [5.41, 5.74) is 3.96. The molecule has 0 aliphatic carbocycles. The monoisotopic (exact) mass is 688 g/mol. The van der Waals surface area contributed by atoms with Crippen LogP contribution < -0.4 is 10.6 Å². The van der Waals surface area contributed by atoms with Crippen molar-refractivity contribution >= 4 is 34.5 Å². The van der Waals surface area contributed by atoms with Crippen LogP contribution in [0.5, 0.6) is 0 Å². The van der Waals surface area contributed by atoms with E-state index in [0.29, 0.717) is 49.4 Å². The number of alkyl carbamates (subject to hydrolysis) is 1. The Kier molecular flexibility index (Phi) is 11.6. The predicted octanol–water partition coefficient (Wildman–Crippen LogP) is 6.34. The van der Waals surface area contributed by atoms with Crippen LogP contribution in [0.15, 0.2) is 54.9 Å². The second-order valence-electron chi connectivity index (χ2n) is 14.1. The number of fused-ring (bicyclic) bond motifs is 1. The molecule has 0 saturated carbocycles. The summed E-state index contributed by atoms with van der Waals surface area (Å²) >= 11 is 0. The van der Waals surface area contributed by atoms with Crippen LogP contribution in [0.1, 0.15) is 79.6 Å². The van der Waals surface area contributed by atoms with Gasteiger partial charge in [0.1, 0.15) is 11.4 Å². The van der Waals surface area contributed by atoms with Gasteiger partial charge in [0.2, 0.25) is 5.91 Å². The fourth-order valence-corrected chi connectivity index (χ4v) is 6.84. The van der Waals surface area contributed by atoms with Gasteiger partial charge < -0.3 is 29.6 Å². The number of para-hydroxylation sites is 1. The number of anilines is 1. The van der Waals surface area contributed by atoms with Gasteiger partial charge in [-0.1, -0.05) is 24.3 Å². The molecule has 2 N–H and O–H groups in total. The van der Waals surface area contributed by atoms with Crippen molar-refractivity contribution in [2.45, 2.75) is 83.9 Å². The minimum atomic E-state index is -0.702. The lowest BCUT2D eigenvalue weighted by molar-refractivity contribution is -0.132. The quantitative estimate of drug-likeness (QED) is 0.168. The first kappa shape index (κ1) is 36.6. The zero-order chi connectivity index (χ0) is 36.0. The number of nitrogens with one attached hydrogen (secondary N) is 2. The number of ether oxygens (including phenoxy) is 2. The highest BCUT2D eigenvalue weighted by atomic mass is 19.1. The summed E-state index contributed by atoms with van der Waals surface area (Å²) in [5.74, 6) is -0.551. The van der Waals surface area contributed by atoms with Gasteiger partial charge in [-0.3, -0.25) is 14.3 Å². The number of carbonyl (C=O) groups excluding carboxylic acids is 3. The lowest BCUT2D eigenvalue weighted by Crippen LogP contribution is -2.46. The molecule has 0 bridgehead atoms. The van der Waals surface area contributed by atoms with Gasteiger partial charge in [0.05, 0.1) is 17.3 Å². The summed E-state index contributed by atoms with van der Waals surface area (Å²) in [6.45, 7) is 9.72. The summed E-state index contributed by atoms with van der Waals surface area (Å²) in [6, 6.07) is 12.0. The van der Waals surface area contributed by atoms with Crippen LogP contribution in [-0.2, 0) is 34.3 Å². The molecule has 2 aromatic heterocycles. The van der Waals surface area contributed by atoms with E-state index < -0.39 is 17.7 Å². The highest BCUT2D eigenvalue weighted by Gasteiger charge is 2.31. The zero-order valence-corrected chi connectivity index (χ0v) is 29.9. The third kappa shape index (κ3) is 9.09. The van der Waals surface area contributed by atoms with Crippen LogP contribution in [0.4, 0.5) is 14.9 Å². The summed E-state index contributed by atoms with van der Waals surface area (Å²) < 4.78 is 29.7. The Labute approximate surface area is 293 Å². The Morgan fingerprint density at radius 3 is 2.56 bits per heavy atom. The van der Waals surface area contributed by atoms with E-state index in [1.54, 1.807) is 64.0 Å². The number of likely N-dealkylation sites (tertiary alicyclic amines) is 1. The molecule has 12 heteroatoms. The van der Waals surface area contributed by atoms with Crippen LogP contribution in [-0.4, -0.2) is 75.6 Å². The second kappa shape index (κ2) is 15.9. The van der Waals surface area contributed by atoms with E-state index in [1.165, 1.54) is 12.3 Å². The largest absolute Gasteiger partial charge is 0.444 e. The van der Waals surface area contributed by atoms with Crippen molar-refractivity contribution in [2.75, 3.05) is 32.1 Å². The molecule has 0 radical (unpaired) electrons. The molecule has 268 valence electrons. The van der Waals surface area contributed by atoms with Crippen LogP contribution >= 0.6 is 0 Å². The Morgan fingerprint density at radius 2 is 1.88 bits per heavy atom. The zero-order valence-electron chi connectivity index (χ0n) is 29.9. The van der Waals surface area contributed by atoms with Crippen LogP contribution in [0.2, 0.25) is 0 Å². The second-order valence-corrected chi connectivity index (χ2v) is 14.1. The first-order chi connectivity index (χ1) is 23.8. The number of halogens is 1. The Balaban J connectivity index is 1.31. The average Bonchev–Trinajstić information content (AvgIpc) is 3.62. The van der Waals surface area contributed by atoms with Gasteiger partial charge in [0.25, 0.3) is 5.91 Å². The maximum Gasteiger partial charge on any atom is 0.407 e. The molecule has 5 rings (SSSR count). The predicted molar refractivity (Wildman–Crippen MR) is 191 cm³/mol. The van der Waals surface area contributed by atoms with E-state index in [9.17, 15) is 14.4 Å². The number of rotatable bonds is 12. The number of carbonyl (C=O) groups is 3. The van der Waals surface area contributed by atoms with E-state index >= 15 is 4.39 Å². The Morgan fingerprint density at radius 1 is 1.12 bits per heavy atom. The number of aryl methyl sites for hydroxylation is 3. The Bertz CT molecular complexity index is 1810. The molecule has 1 saturated heterocycles. The highest BCUT2D eigenvalue weighted by molar-refractivity contribution is 6.03. The molecule has 4 aromatic rings. The minimum Gasteiger partial charge on any atom is -0.444 e. The van der Waals surface area contributed by atoms with Gasteiger partial charge in [0, 0.05) is 81.7 Å². The highest BCUT2D eigenvalue weighted by Crippen LogP contribution is 2.37. The molecule has 1 aliphatic heterocycles. The summed E-state index contributed by atoms with van der Waals surface area (Å²) in [4.78, 5) is 41.3. The third-order valence-electron chi connectivity index (χ3n) is 9.03. The van der Waals surface area contributed by atoms with E-state index in [1.807, 2.05) is 30.0 Å². The van der Waals surface area contributed by atoms with Gasteiger partial charge in [-0.05, 0) is 82.7 Å². The van der Waals surface area contributed by atoms with Gasteiger partial charge in [-0.15, -0.1) is 0 Å². The molecule has 11 nitrogen and oxygen atoms in total. The number of hydrogen-bond acceptors (Lipinski definition) is 6. The first-order valence-electron chi connectivity index (χ1n) is 17.2. The van der Waals surface area contributed by atoms with E-state index in [0.717, 1.165) is 41.5 Å². The number of aromatic nitrogens is 3. The molecule has 0 spiro atoms. The van der Waals surface area contributed by atoms with E-state index in [4.69, 9.17) is 9.47 Å². The fourth-order valence-electron chi connectivity index (χ4n) is 6.84. The number of hydrogen-bond donors (Lipinski definition) is 2. The number of amides is 3. The summed E-state index contributed by atoms with van der Waals surface area (Å²) in [7, 11) is 3.41. The molecular weight excluding hydrogens is 639 g/mol. The maximum atomic E-state index is 15.2.